The zero-order valence-electron chi connectivity index (χ0n) is 9.69. The number of nitrogens with zero attached hydrogens (tertiary/aromatic N) is 2. The lowest BCUT2D eigenvalue weighted by atomic mass is 10.0. The van der Waals surface area contributed by atoms with Crippen molar-refractivity contribution in [3.63, 3.8) is 0 Å². The largest absolute Gasteiger partial charge is 0.399 e. The summed E-state index contributed by atoms with van der Waals surface area (Å²) in [5.74, 6) is 1.92. The van der Waals surface area contributed by atoms with Crippen LogP contribution in [0.5, 0.6) is 0 Å². The third-order valence-corrected chi connectivity index (χ3v) is 4.19. The fourth-order valence-electron chi connectivity index (χ4n) is 3.34. The Morgan fingerprint density at radius 1 is 1.35 bits per heavy atom. The van der Waals surface area contributed by atoms with E-state index >= 15 is 0 Å². The predicted octanol–water partition coefficient (Wildman–Crippen LogP) is 2.39. The van der Waals surface area contributed by atoms with Crippen molar-refractivity contribution < 1.29 is 0 Å². The average Bonchev–Trinajstić information content (AvgIpc) is 2.91. The van der Waals surface area contributed by atoms with Crippen molar-refractivity contribution in [2.45, 2.75) is 25.3 Å². The summed E-state index contributed by atoms with van der Waals surface area (Å²) in [6.45, 7) is 1.08. The van der Waals surface area contributed by atoms with Crippen molar-refractivity contribution in [2.24, 2.45) is 5.92 Å². The van der Waals surface area contributed by atoms with Gasteiger partial charge in [-0.25, -0.2) is 4.68 Å². The zero-order valence-corrected chi connectivity index (χ0v) is 9.69. The van der Waals surface area contributed by atoms with Gasteiger partial charge in [0.15, 0.2) is 0 Å². The second kappa shape index (κ2) is 3.15. The van der Waals surface area contributed by atoms with Crippen LogP contribution in [0, 0.1) is 5.92 Å². The molecule has 3 N–H and O–H groups in total. The van der Waals surface area contributed by atoms with Crippen LogP contribution in [0.25, 0.3) is 10.9 Å². The lowest BCUT2D eigenvalue weighted by Crippen LogP contribution is -2.29. The Hall–Kier alpha value is -1.71. The summed E-state index contributed by atoms with van der Waals surface area (Å²) in [5.41, 5.74) is 7.72. The quantitative estimate of drug-likeness (QED) is 0.681. The van der Waals surface area contributed by atoms with E-state index in [9.17, 15) is 0 Å². The van der Waals surface area contributed by atoms with Crippen LogP contribution in [-0.2, 0) is 0 Å². The molecule has 2 aliphatic rings. The molecule has 0 spiro atoms. The fourth-order valence-corrected chi connectivity index (χ4v) is 3.34. The van der Waals surface area contributed by atoms with E-state index in [0.29, 0.717) is 6.04 Å². The number of benzene rings is 1. The third kappa shape index (κ3) is 1.21. The SMILES string of the molecule is Nc1ccc2nn3c(c2c1)NCC1CCCC13. The van der Waals surface area contributed by atoms with Crippen molar-refractivity contribution in [1.82, 2.24) is 9.78 Å². The first kappa shape index (κ1) is 9.33. The van der Waals surface area contributed by atoms with E-state index in [2.05, 4.69) is 10.00 Å². The van der Waals surface area contributed by atoms with Crippen LogP contribution in [0.2, 0.25) is 0 Å². The molecule has 1 aromatic heterocycles. The van der Waals surface area contributed by atoms with E-state index in [1.165, 1.54) is 19.3 Å². The molecule has 0 bridgehead atoms. The summed E-state index contributed by atoms with van der Waals surface area (Å²) >= 11 is 0. The van der Waals surface area contributed by atoms with E-state index in [1.54, 1.807) is 0 Å². The van der Waals surface area contributed by atoms with Gasteiger partial charge < -0.3 is 11.1 Å². The number of nitrogens with two attached hydrogens (primary N) is 1. The summed E-state index contributed by atoms with van der Waals surface area (Å²) in [5, 5.41) is 9.43. The Balaban J connectivity index is 1.96. The number of aromatic nitrogens is 2. The van der Waals surface area contributed by atoms with Crippen LogP contribution in [0.1, 0.15) is 25.3 Å². The molecule has 2 aromatic rings. The minimum Gasteiger partial charge on any atom is -0.399 e. The molecule has 4 nitrogen and oxygen atoms in total. The first-order valence-corrected chi connectivity index (χ1v) is 6.34. The second-order valence-corrected chi connectivity index (χ2v) is 5.21. The molecule has 2 unspecified atom stereocenters. The summed E-state index contributed by atoms with van der Waals surface area (Å²) < 4.78 is 2.20. The van der Waals surface area contributed by atoms with Crippen LogP contribution in [0.15, 0.2) is 18.2 Å². The maximum Gasteiger partial charge on any atom is 0.132 e. The molecule has 0 saturated heterocycles. The highest BCUT2D eigenvalue weighted by atomic mass is 15.4. The van der Waals surface area contributed by atoms with E-state index < -0.39 is 0 Å². The van der Waals surface area contributed by atoms with Crippen LogP contribution in [0.3, 0.4) is 0 Å². The second-order valence-electron chi connectivity index (χ2n) is 5.21. The van der Waals surface area contributed by atoms with Gasteiger partial charge in [-0.1, -0.05) is 6.42 Å². The molecule has 1 saturated carbocycles. The van der Waals surface area contributed by atoms with Crippen molar-refractivity contribution in [3.05, 3.63) is 18.2 Å². The predicted molar refractivity (Wildman–Crippen MR) is 69.0 cm³/mol. The van der Waals surface area contributed by atoms with Gasteiger partial charge in [0.2, 0.25) is 0 Å². The van der Waals surface area contributed by atoms with Gasteiger partial charge in [-0.05, 0) is 37.0 Å². The number of hydrogen-bond acceptors (Lipinski definition) is 3. The number of hydrogen-bond donors (Lipinski definition) is 2. The summed E-state index contributed by atoms with van der Waals surface area (Å²) in [4.78, 5) is 0. The number of fused-ring (bicyclic) bond motifs is 5. The zero-order chi connectivity index (χ0) is 11.4. The third-order valence-electron chi connectivity index (χ3n) is 4.19. The Morgan fingerprint density at radius 2 is 2.29 bits per heavy atom. The van der Waals surface area contributed by atoms with Crippen LogP contribution in [-0.4, -0.2) is 16.3 Å². The lowest BCUT2D eigenvalue weighted by molar-refractivity contribution is 0.349. The standard InChI is InChI=1S/C13H16N4/c14-9-4-5-11-10(6-9)13-15-7-8-2-1-3-12(8)17(13)16-11/h4-6,8,12,15H,1-3,7,14H2. The smallest absolute Gasteiger partial charge is 0.132 e. The van der Waals surface area contributed by atoms with Gasteiger partial charge in [0.1, 0.15) is 5.82 Å². The molecule has 0 amide bonds. The van der Waals surface area contributed by atoms with Crippen LogP contribution >= 0.6 is 0 Å². The van der Waals surface area contributed by atoms with Gasteiger partial charge in [0.25, 0.3) is 0 Å². The van der Waals surface area contributed by atoms with E-state index in [-0.39, 0.29) is 0 Å². The fraction of sp³-hybridized carbons (Fsp3) is 0.462. The molecular formula is C13H16N4. The summed E-state index contributed by atoms with van der Waals surface area (Å²) in [7, 11) is 0. The minimum absolute atomic E-state index is 0.597. The Morgan fingerprint density at radius 3 is 3.24 bits per heavy atom. The van der Waals surface area contributed by atoms with Crippen LogP contribution in [0.4, 0.5) is 11.5 Å². The van der Waals surface area contributed by atoms with E-state index in [4.69, 9.17) is 10.8 Å². The molecular weight excluding hydrogens is 212 g/mol. The average molecular weight is 228 g/mol. The monoisotopic (exact) mass is 228 g/mol. The Bertz CT molecular complexity index is 586. The highest BCUT2D eigenvalue weighted by Gasteiger charge is 2.34. The summed E-state index contributed by atoms with van der Waals surface area (Å²) in [6, 6.07) is 6.56. The highest BCUT2D eigenvalue weighted by Crippen LogP contribution is 2.42. The maximum atomic E-state index is 5.86. The van der Waals surface area contributed by atoms with Crippen molar-refractivity contribution in [1.29, 1.82) is 0 Å². The van der Waals surface area contributed by atoms with Crippen molar-refractivity contribution in [3.8, 4) is 0 Å². The Kier molecular flexibility index (Phi) is 1.73. The van der Waals surface area contributed by atoms with Crippen molar-refractivity contribution >= 4 is 22.4 Å². The molecule has 17 heavy (non-hydrogen) atoms. The molecule has 1 aliphatic heterocycles. The number of rotatable bonds is 0. The minimum atomic E-state index is 0.597. The van der Waals surface area contributed by atoms with E-state index in [1.807, 2.05) is 18.2 Å². The highest BCUT2D eigenvalue weighted by molar-refractivity contribution is 5.92. The Labute approximate surface area is 99.8 Å². The molecule has 4 heteroatoms. The molecule has 0 radical (unpaired) electrons. The van der Waals surface area contributed by atoms with E-state index in [0.717, 1.165) is 34.9 Å². The van der Waals surface area contributed by atoms with Crippen LogP contribution < -0.4 is 11.1 Å². The molecule has 1 aliphatic carbocycles. The van der Waals surface area contributed by atoms with Gasteiger partial charge in [-0.3, -0.25) is 0 Å². The first-order valence-electron chi connectivity index (χ1n) is 6.34. The molecule has 4 rings (SSSR count). The number of anilines is 2. The number of nitrogens with one attached hydrogen (secondary N) is 1. The van der Waals surface area contributed by atoms with Gasteiger partial charge >= 0.3 is 0 Å². The van der Waals surface area contributed by atoms with Gasteiger partial charge in [0, 0.05) is 17.6 Å². The number of nitrogen functional groups attached to an aromatic ring is 1. The topological polar surface area (TPSA) is 55.9 Å². The van der Waals surface area contributed by atoms with Gasteiger partial charge in [0.05, 0.1) is 11.6 Å². The molecule has 88 valence electrons. The normalized spacial score (nSPS) is 26.6. The van der Waals surface area contributed by atoms with Gasteiger partial charge in [-0.15, -0.1) is 0 Å². The lowest BCUT2D eigenvalue weighted by Gasteiger charge is -2.28. The maximum absolute atomic E-state index is 5.86. The van der Waals surface area contributed by atoms with Gasteiger partial charge in [-0.2, -0.15) is 5.10 Å². The molecule has 2 heterocycles. The summed E-state index contributed by atoms with van der Waals surface area (Å²) in [6.07, 6.45) is 3.92. The molecule has 1 aromatic carbocycles. The van der Waals surface area contributed by atoms with Crippen molar-refractivity contribution in [2.75, 3.05) is 17.6 Å². The first-order chi connectivity index (χ1) is 8.33. The molecule has 1 fully saturated rings. The molecule has 2 atom stereocenters.